The number of hydrogen-bond acceptors (Lipinski definition) is 6. The molecule has 0 spiro atoms. The molecule has 0 saturated carbocycles. The van der Waals surface area contributed by atoms with Gasteiger partial charge >= 0.3 is 24.3 Å². The number of hydrogen-bond donors (Lipinski definition) is 2. The van der Waals surface area contributed by atoms with Crippen molar-refractivity contribution in [1.29, 1.82) is 0 Å². The SMILES string of the molecule is O=C(O)c1ccc2sc(C(F)F)cc2c1OCc1ccc(C(F)(F)F)cc1.O=C(O)c1ccc2sc(C(F)F)cc2c1OCc1ccc(C(F)(F)F)cc1. The second-order valence-electron chi connectivity index (χ2n) is 11.2. The molecule has 0 unspecified atom stereocenters. The predicted octanol–water partition coefficient (Wildman–Crippen LogP) is 12.3. The molecule has 0 amide bonds. The summed E-state index contributed by atoms with van der Waals surface area (Å²) in [4.78, 5) is 22.4. The minimum Gasteiger partial charge on any atom is -0.487 e. The number of alkyl halides is 10. The largest absolute Gasteiger partial charge is 0.487 e. The quantitative estimate of drug-likeness (QED) is 0.134. The van der Waals surface area contributed by atoms with Crippen LogP contribution in [0.1, 0.15) is 65.6 Å². The number of carboxylic acids is 2. The van der Waals surface area contributed by atoms with E-state index in [2.05, 4.69) is 0 Å². The van der Waals surface area contributed by atoms with Crippen LogP contribution < -0.4 is 9.47 Å². The lowest BCUT2D eigenvalue weighted by molar-refractivity contribution is -0.138. The van der Waals surface area contributed by atoms with Crippen molar-refractivity contribution in [1.82, 2.24) is 0 Å². The van der Waals surface area contributed by atoms with E-state index < -0.39 is 48.3 Å². The maximum Gasteiger partial charge on any atom is 0.416 e. The Morgan fingerprint density at radius 3 is 1.17 bits per heavy atom. The van der Waals surface area contributed by atoms with Crippen LogP contribution in [0.25, 0.3) is 20.2 Å². The molecule has 2 N–H and O–H groups in total. The van der Waals surface area contributed by atoms with E-state index in [1.54, 1.807) is 0 Å². The molecule has 0 aliphatic carbocycles. The third-order valence-electron chi connectivity index (χ3n) is 7.56. The fourth-order valence-electron chi connectivity index (χ4n) is 4.97. The lowest BCUT2D eigenvalue weighted by atomic mass is 10.1. The van der Waals surface area contributed by atoms with Crippen molar-refractivity contribution in [2.75, 3.05) is 0 Å². The molecule has 284 valence electrons. The molecular weight excluding hydrogens is 783 g/mol. The van der Waals surface area contributed by atoms with Gasteiger partial charge in [0.25, 0.3) is 12.9 Å². The van der Waals surface area contributed by atoms with Crippen molar-refractivity contribution in [2.45, 2.75) is 38.4 Å². The van der Waals surface area contributed by atoms with Gasteiger partial charge in [-0.05, 0) is 71.8 Å². The van der Waals surface area contributed by atoms with E-state index in [1.807, 2.05) is 0 Å². The van der Waals surface area contributed by atoms with E-state index in [-0.39, 0.29) is 56.4 Å². The first-order valence-electron chi connectivity index (χ1n) is 15.1. The number of benzene rings is 4. The molecule has 0 aliphatic heterocycles. The summed E-state index contributed by atoms with van der Waals surface area (Å²) in [5.74, 6) is -2.79. The maximum absolute atomic E-state index is 12.9. The molecule has 6 rings (SSSR count). The summed E-state index contributed by atoms with van der Waals surface area (Å²) in [5, 5.41) is 19.1. The normalized spacial score (nSPS) is 11.9. The first kappa shape index (κ1) is 39.8. The molecule has 0 aliphatic rings. The van der Waals surface area contributed by atoms with Crippen LogP contribution in [0.15, 0.2) is 84.9 Å². The Kier molecular flexibility index (Phi) is 11.8. The molecule has 4 aromatic carbocycles. The third-order valence-corrected chi connectivity index (χ3v) is 9.78. The molecule has 18 heteroatoms. The average Bonchev–Trinajstić information content (AvgIpc) is 3.75. The standard InChI is InChI=1S/2C18H11F5O3S/c2*19-16(20)14-7-12-13(27-14)6-5-11(17(24)25)15(12)26-8-9-1-3-10(4-2-9)18(21,22)23/h2*1-7,16H,8H2,(H,24,25). The maximum atomic E-state index is 12.9. The van der Waals surface area contributed by atoms with Crippen molar-refractivity contribution < 1.29 is 73.2 Å². The molecule has 2 heterocycles. The van der Waals surface area contributed by atoms with Crippen molar-refractivity contribution in [3.8, 4) is 11.5 Å². The molecule has 0 atom stereocenters. The summed E-state index contributed by atoms with van der Waals surface area (Å²) in [6.07, 6.45) is -14.4. The summed E-state index contributed by atoms with van der Waals surface area (Å²) < 4.78 is 139. The van der Waals surface area contributed by atoms with Crippen LogP contribution in [0.5, 0.6) is 11.5 Å². The number of thiophene rings is 2. The second-order valence-corrected chi connectivity index (χ2v) is 13.4. The molecule has 0 radical (unpaired) electrons. The van der Waals surface area contributed by atoms with Gasteiger partial charge in [-0.2, -0.15) is 26.3 Å². The van der Waals surface area contributed by atoms with Gasteiger partial charge in [0.05, 0.1) is 20.9 Å². The second kappa shape index (κ2) is 15.9. The van der Waals surface area contributed by atoms with Crippen LogP contribution >= 0.6 is 22.7 Å². The first-order chi connectivity index (χ1) is 25.3. The highest BCUT2D eigenvalue weighted by atomic mass is 32.1. The molecular formula is C36H22F10O6S2. The van der Waals surface area contributed by atoms with Crippen LogP contribution in [-0.2, 0) is 25.6 Å². The summed E-state index contributed by atoms with van der Waals surface area (Å²) in [5.41, 5.74) is -1.32. The van der Waals surface area contributed by atoms with Crippen LogP contribution in [0, 0.1) is 0 Å². The van der Waals surface area contributed by atoms with Crippen molar-refractivity contribution in [2.24, 2.45) is 0 Å². The van der Waals surface area contributed by atoms with Crippen molar-refractivity contribution >= 4 is 54.8 Å². The smallest absolute Gasteiger partial charge is 0.416 e. The van der Waals surface area contributed by atoms with Crippen LogP contribution in [0.4, 0.5) is 43.9 Å². The fourth-order valence-corrected chi connectivity index (χ4v) is 6.80. The number of ether oxygens (including phenoxy) is 2. The van der Waals surface area contributed by atoms with Crippen LogP contribution in [-0.4, -0.2) is 22.2 Å². The summed E-state index contributed by atoms with van der Waals surface area (Å²) in [6.45, 7) is -0.422. The lowest BCUT2D eigenvalue weighted by Gasteiger charge is -2.12. The Hall–Kier alpha value is -5.36. The number of carboxylic acid groups (broad SMARTS) is 2. The predicted molar refractivity (Wildman–Crippen MR) is 179 cm³/mol. The Morgan fingerprint density at radius 2 is 0.889 bits per heavy atom. The van der Waals surface area contributed by atoms with Gasteiger partial charge in [-0.25, -0.2) is 27.2 Å². The summed E-state index contributed by atoms with van der Waals surface area (Å²) in [7, 11) is 0. The van der Waals surface area contributed by atoms with E-state index in [1.165, 1.54) is 60.7 Å². The zero-order valence-corrected chi connectivity index (χ0v) is 28.4. The third kappa shape index (κ3) is 9.22. The van der Waals surface area contributed by atoms with Crippen molar-refractivity contribution in [3.63, 3.8) is 0 Å². The first-order valence-corrected chi connectivity index (χ1v) is 16.7. The minimum absolute atomic E-state index is 0.0944. The zero-order chi connectivity index (χ0) is 39.5. The number of aromatic carboxylic acids is 2. The molecule has 0 fully saturated rings. The number of carbonyl (C=O) groups is 2. The Balaban J connectivity index is 0.000000208. The van der Waals surface area contributed by atoms with Crippen LogP contribution in [0.3, 0.4) is 0 Å². The van der Waals surface area contributed by atoms with Gasteiger partial charge in [0.1, 0.15) is 35.8 Å². The molecule has 6 aromatic rings. The van der Waals surface area contributed by atoms with Gasteiger partial charge < -0.3 is 19.7 Å². The van der Waals surface area contributed by atoms with Gasteiger partial charge in [0, 0.05) is 20.2 Å². The van der Waals surface area contributed by atoms with E-state index in [0.29, 0.717) is 20.5 Å². The molecule has 0 bridgehead atoms. The lowest BCUT2D eigenvalue weighted by Crippen LogP contribution is -2.06. The highest BCUT2D eigenvalue weighted by Crippen LogP contribution is 2.41. The molecule has 0 saturated heterocycles. The van der Waals surface area contributed by atoms with Crippen molar-refractivity contribution in [3.05, 3.63) is 128 Å². The van der Waals surface area contributed by atoms with Gasteiger partial charge in [0.2, 0.25) is 0 Å². The summed E-state index contributed by atoms with van der Waals surface area (Å²) >= 11 is 1.64. The molecule has 2 aromatic heterocycles. The number of rotatable bonds is 10. The topological polar surface area (TPSA) is 93.1 Å². The highest BCUT2D eigenvalue weighted by Gasteiger charge is 2.31. The van der Waals surface area contributed by atoms with Gasteiger partial charge in [0.15, 0.2) is 0 Å². The number of halogens is 10. The van der Waals surface area contributed by atoms with Crippen LogP contribution in [0.2, 0.25) is 0 Å². The Labute approximate surface area is 305 Å². The average molecular weight is 805 g/mol. The van der Waals surface area contributed by atoms with E-state index in [0.717, 1.165) is 46.9 Å². The Morgan fingerprint density at radius 1 is 0.556 bits per heavy atom. The minimum atomic E-state index is -4.47. The number of fused-ring (bicyclic) bond motifs is 2. The zero-order valence-electron chi connectivity index (χ0n) is 26.8. The van der Waals surface area contributed by atoms with Gasteiger partial charge in [-0.3, -0.25) is 0 Å². The monoisotopic (exact) mass is 804 g/mol. The van der Waals surface area contributed by atoms with E-state index in [4.69, 9.17) is 9.47 Å². The van der Waals surface area contributed by atoms with Gasteiger partial charge in [-0.15, -0.1) is 22.7 Å². The van der Waals surface area contributed by atoms with E-state index in [9.17, 15) is 63.7 Å². The molecule has 6 nitrogen and oxygen atoms in total. The highest BCUT2D eigenvalue weighted by molar-refractivity contribution is 7.19. The fraction of sp³-hybridized carbons (Fsp3) is 0.167. The van der Waals surface area contributed by atoms with Gasteiger partial charge in [-0.1, -0.05) is 24.3 Å². The molecule has 54 heavy (non-hydrogen) atoms. The van der Waals surface area contributed by atoms with E-state index >= 15 is 0 Å². The summed E-state index contributed by atoms with van der Waals surface area (Å²) in [6, 6.07) is 16.0. The Bertz CT molecular complexity index is 2120.